The number of nitrogen functional groups attached to an aromatic ring is 1. The van der Waals surface area contributed by atoms with E-state index in [-0.39, 0.29) is 5.91 Å². The van der Waals surface area contributed by atoms with Gasteiger partial charge in [-0.3, -0.25) is 4.79 Å². The molecule has 6 nitrogen and oxygen atoms in total. The molecule has 134 valence electrons. The number of nitrogens with two attached hydrogens (primary N) is 1. The quantitative estimate of drug-likeness (QED) is 0.539. The van der Waals surface area contributed by atoms with Crippen LogP contribution in [-0.4, -0.2) is 38.8 Å². The molecule has 0 unspecified atom stereocenters. The van der Waals surface area contributed by atoms with E-state index in [1.807, 2.05) is 46.7 Å². The van der Waals surface area contributed by atoms with Gasteiger partial charge in [-0.15, -0.1) is 21.5 Å². The maximum Gasteiger partial charge on any atom is 0.253 e. The van der Waals surface area contributed by atoms with E-state index < -0.39 is 0 Å². The summed E-state index contributed by atoms with van der Waals surface area (Å²) in [7, 11) is 0. The van der Waals surface area contributed by atoms with Crippen LogP contribution >= 0.6 is 23.1 Å². The summed E-state index contributed by atoms with van der Waals surface area (Å²) < 4.78 is 1.53. The van der Waals surface area contributed by atoms with Crippen molar-refractivity contribution in [1.29, 1.82) is 0 Å². The van der Waals surface area contributed by atoms with Crippen molar-refractivity contribution < 1.29 is 4.79 Å². The van der Waals surface area contributed by atoms with Crippen molar-refractivity contribution in [3.05, 3.63) is 52.9 Å². The summed E-state index contributed by atoms with van der Waals surface area (Å²) in [6, 6.07) is 11.7. The largest absolute Gasteiger partial charge is 0.339 e. The summed E-state index contributed by atoms with van der Waals surface area (Å²) in [4.78, 5) is 15.3. The van der Waals surface area contributed by atoms with Crippen LogP contribution in [0.25, 0.3) is 10.7 Å². The molecule has 0 bridgehead atoms. The highest BCUT2D eigenvalue weighted by atomic mass is 32.2. The van der Waals surface area contributed by atoms with Crippen LogP contribution < -0.4 is 5.84 Å². The van der Waals surface area contributed by atoms with E-state index in [1.165, 1.54) is 16.4 Å². The second-order valence-corrected chi connectivity index (χ2v) is 8.03. The molecule has 8 heteroatoms. The molecule has 3 aromatic rings. The number of rotatable bonds is 5. The molecule has 26 heavy (non-hydrogen) atoms. The number of thioether (sulfide) groups is 1. The van der Waals surface area contributed by atoms with E-state index in [9.17, 15) is 4.79 Å². The molecule has 4 rings (SSSR count). The number of amides is 1. The van der Waals surface area contributed by atoms with Gasteiger partial charge in [0.2, 0.25) is 5.16 Å². The summed E-state index contributed by atoms with van der Waals surface area (Å²) >= 11 is 3.12. The number of carbonyl (C=O) groups excluding carboxylic acids is 1. The molecule has 0 saturated carbocycles. The lowest BCUT2D eigenvalue weighted by Gasteiger charge is -2.15. The minimum atomic E-state index is 0.129. The summed E-state index contributed by atoms with van der Waals surface area (Å²) in [5.41, 5.74) is 1.87. The SMILES string of the molecule is Nn1c(SCc2ccc(C(=O)N3CCCC3)cc2)nnc1-c1cccs1. The molecule has 1 saturated heterocycles. The van der Waals surface area contributed by atoms with E-state index in [0.29, 0.717) is 11.0 Å². The van der Waals surface area contributed by atoms with Gasteiger partial charge >= 0.3 is 0 Å². The van der Waals surface area contributed by atoms with E-state index in [0.717, 1.165) is 47.7 Å². The zero-order valence-corrected chi connectivity index (χ0v) is 15.8. The zero-order valence-electron chi connectivity index (χ0n) is 14.2. The van der Waals surface area contributed by atoms with Crippen LogP contribution in [0.5, 0.6) is 0 Å². The molecule has 1 aromatic carbocycles. The third-order valence-corrected chi connectivity index (χ3v) is 6.25. The fourth-order valence-electron chi connectivity index (χ4n) is 2.94. The first-order chi connectivity index (χ1) is 12.7. The second-order valence-electron chi connectivity index (χ2n) is 6.14. The fourth-order valence-corrected chi connectivity index (χ4v) is 4.46. The lowest BCUT2D eigenvalue weighted by Crippen LogP contribution is -2.27. The number of thiophene rings is 1. The van der Waals surface area contributed by atoms with Crippen molar-refractivity contribution in [1.82, 2.24) is 19.8 Å². The maximum absolute atomic E-state index is 12.4. The van der Waals surface area contributed by atoms with Gasteiger partial charge in [0.15, 0.2) is 5.82 Å². The monoisotopic (exact) mass is 385 g/mol. The van der Waals surface area contributed by atoms with E-state index >= 15 is 0 Å². The molecular formula is C18H19N5OS2. The van der Waals surface area contributed by atoms with Gasteiger partial charge in [-0.1, -0.05) is 30.0 Å². The molecule has 1 aliphatic heterocycles. The first-order valence-electron chi connectivity index (χ1n) is 8.48. The molecule has 0 radical (unpaired) electrons. The Kier molecular flexibility index (Phi) is 4.94. The van der Waals surface area contributed by atoms with Crippen LogP contribution in [0, 0.1) is 0 Å². The molecular weight excluding hydrogens is 366 g/mol. The Morgan fingerprint density at radius 2 is 1.92 bits per heavy atom. The fraction of sp³-hybridized carbons (Fsp3) is 0.278. The van der Waals surface area contributed by atoms with Gasteiger partial charge in [-0.05, 0) is 42.0 Å². The maximum atomic E-state index is 12.4. The number of nitrogens with zero attached hydrogens (tertiary/aromatic N) is 4. The standard InChI is InChI=1S/C18H19N5OS2/c19-23-16(15-4-3-11-25-15)20-21-18(23)26-12-13-5-7-14(8-6-13)17(24)22-9-1-2-10-22/h3-8,11H,1-2,9-10,12,19H2. The average molecular weight is 386 g/mol. The van der Waals surface area contributed by atoms with Crippen molar-refractivity contribution in [3.63, 3.8) is 0 Å². The van der Waals surface area contributed by atoms with Gasteiger partial charge in [0.25, 0.3) is 5.91 Å². The van der Waals surface area contributed by atoms with Crippen molar-refractivity contribution >= 4 is 29.0 Å². The van der Waals surface area contributed by atoms with Crippen LogP contribution in [0.4, 0.5) is 0 Å². The second kappa shape index (κ2) is 7.51. The average Bonchev–Trinajstić information content (AvgIpc) is 3.42. The predicted molar refractivity (Wildman–Crippen MR) is 105 cm³/mol. The minimum absolute atomic E-state index is 0.129. The number of hydrogen-bond acceptors (Lipinski definition) is 6. The number of likely N-dealkylation sites (tertiary alicyclic amines) is 1. The number of hydrogen-bond donors (Lipinski definition) is 1. The summed E-state index contributed by atoms with van der Waals surface area (Å²) in [5, 5.41) is 11.0. The van der Waals surface area contributed by atoms with Gasteiger partial charge < -0.3 is 10.7 Å². The first-order valence-corrected chi connectivity index (χ1v) is 10.3. The Labute approximate surface area is 160 Å². The Morgan fingerprint density at radius 3 is 2.62 bits per heavy atom. The number of aromatic nitrogens is 3. The predicted octanol–water partition coefficient (Wildman–Crippen LogP) is 3.25. The van der Waals surface area contributed by atoms with Crippen LogP contribution in [-0.2, 0) is 5.75 Å². The van der Waals surface area contributed by atoms with Crippen molar-refractivity contribution in [3.8, 4) is 10.7 Å². The highest BCUT2D eigenvalue weighted by Crippen LogP contribution is 2.27. The van der Waals surface area contributed by atoms with E-state index in [4.69, 9.17) is 5.84 Å². The van der Waals surface area contributed by atoms with Crippen LogP contribution in [0.2, 0.25) is 0 Å². The van der Waals surface area contributed by atoms with Gasteiger partial charge in [0.1, 0.15) is 0 Å². The third-order valence-electron chi connectivity index (χ3n) is 4.37. The van der Waals surface area contributed by atoms with Crippen molar-refractivity contribution in [2.75, 3.05) is 18.9 Å². The summed E-state index contributed by atoms with van der Waals surface area (Å²) in [6.45, 7) is 1.74. The first kappa shape index (κ1) is 17.1. The van der Waals surface area contributed by atoms with Crippen LogP contribution in [0.1, 0.15) is 28.8 Å². The van der Waals surface area contributed by atoms with Crippen LogP contribution in [0.15, 0.2) is 46.9 Å². The zero-order chi connectivity index (χ0) is 17.9. The molecule has 1 amide bonds. The molecule has 0 aliphatic carbocycles. The molecule has 0 atom stereocenters. The topological polar surface area (TPSA) is 77.0 Å². The van der Waals surface area contributed by atoms with Gasteiger partial charge in [-0.2, -0.15) is 0 Å². The Balaban J connectivity index is 1.40. The molecule has 1 fully saturated rings. The van der Waals surface area contributed by atoms with Gasteiger partial charge in [-0.25, -0.2) is 4.68 Å². The number of benzene rings is 1. The molecule has 2 aromatic heterocycles. The van der Waals surface area contributed by atoms with E-state index in [2.05, 4.69) is 10.2 Å². The Hall–Kier alpha value is -2.32. The van der Waals surface area contributed by atoms with Gasteiger partial charge in [0.05, 0.1) is 4.88 Å². The molecule has 2 N–H and O–H groups in total. The summed E-state index contributed by atoms with van der Waals surface area (Å²) in [5.74, 6) is 7.64. The molecule has 1 aliphatic rings. The Morgan fingerprint density at radius 1 is 1.15 bits per heavy atom. The molecule has 0 spiro atoms. The lowest BCUT2D eigenvalue weighted by atomic mass is 10.1. The van der Waals surface area contributed by atoms with Crippen molar-refractivity contribution in [2.45, 2.75) is 23.8 Å². The Bertz CT molecular complexity index is 883. The minimum Gasteiger partial charge on any atom is -0.339 e. The van der Waals surface area contributed by atoms with E-state index in [1.54, 1.807) is 11.3 Å². The summed E-state index contributed by atoms with van der Waals surface area (Å²) in [6.07, 6.45) is 2.21. The van der Waals surface area contributed by atoms with Gasteiger partial charge in [0, 0.05) is 24.4 Å². The number of carbonyl (C=O) groups is 1. The smallest absolute Gasteiger partial charge is 0.253 e. The third kappa shape index (κ3) is 3.47. The highest BCUT2D eigenvalue weighted by Gasteiger charge is 2.19. The lowest BCUT2D eigenvalue weighted by molar-refractivity contribution is 0.0793. The molecule has 3 heterocycles. The van der Waals surface area contributed by atoms with Crippen LogP contribution in [0.3, 0.4) is 0 Å². The highest BCUT2D eigenvalue weighted by molar-refractivity contribution is 7.98. The van der Waals surface area contributed by atoms with Crippen molar-refractivity contribution in [2.24, 2.45) is 0 Å². The normalized spacial score (nSPS) is 14.1.